The Morgan fingerprint density at radius 1 is 1.32 bits per heavy atom. The average molecular weight is 259 g/mol. The molecule has 0 saturated heterocycles. The Balaban J connectivity index is 4.85. The summed E-state index contributed by atoms with van der Waals surface area (Å²) in [6.45, 7) is 8.70. The smallest absolute Gasteiger partial charge is 0.0284 e. The Labute approximate surface area is 117 Å². The Bertz CT molecular complexity index is 385. The first-order valence-corrected chi connectivity index (χ1v) is 6.63. The van der Waals surface area contributed by atoms with Crippen LogP contribution in [0, 0.1) is 0 Å². The van der Waals surface area contributed by atoms with Gasteiger partial charge in [-0.25, -0.2) is 0 Å². The molecule has 0 bridgehead atoms. The molecule has 0 radical (unpaired) electrons. The lowest BCUT2D eigenvalue weighted by molar-refractivity contribution is 0.733. The number of hydrogen-bond donors (Lipinski definition) is 1. The first-order valence-electron chi connectivity index (χ1n) is 6.63. The zero-order chi connectivity index (χ0) is 14.3. The zero-order valence-electron chi connectivity index (χ0n) is 12.3. The summed E-state index contributed by atoms with van der Waals surface area (Å²) in [5.74, 6) is 0. The quantitative estimate of drug-likeness (QED) is 0.383. The minimum Gasteiger partial charge on any atom is -0.390 e. The molecule has 104 valence electrons. The van der Waals surface area contributed by atoms with E-state index >= 15 is 0 Å². The first kappa shape index (κ1) is 17.1. The summed E-state index contributed by atoms with van der Waals surface area (Å²) in [7, 11) is 1.77. The van der Waals surface area contributed by atoms with E-state index in [1.165, 1.54) is 19.0 Å². The molecule has 0 aliphatic rings. The Hall–Kier alpha value is -1.90. The molecular weight excluding hydrogens is 234 g/mol. The molecule has 0 atom stereocenters. The van der Waals surface area contributed by atoms with E-state index in [0.717, 1.165) is 17.7 Å². The van der Waals surface area contributed by atoms with Gasteiger partial charge in [-0.15, -0.1) is 0 Å². The van der Waals surface area contributed by atoms with Gasteiger partial charge < -0.3 is 5.32 Å². The minimum atomic E-state index is 0.981. The van der Waals surface area contributed by atoms with Gasteiger partial charge in [-0.3, -0.25) is 9.98 Å². The standard InChI is InChI=1S/C16H25N3/c1-5-8-11-19-14-16(10-9-12-18-7-3)15(6-2)13-17-4/h6-7,9-10,12-14,19H,3,5,8,11H2,1-2,4H3/b10-9+,15-6-,16-14+,17-13-,18-12-. The lowest BCUT2D eigenvalue weighted by Crippen LogP contribution is -2.08. The number of rotatable bonds is 9. The van der Waals surface area contributed by atoms with Crippen molar-refractivity contribution in [1.29, 1.82) is 0 Å². The molecule has 19 heavy (non-hydrogen) atoms. The monoisotopic (exact) mass is 259 g/mol. The maximum atomic E-state index is 4.07. The van der Waals surface area contributed by atoms with E-state index in [-0.39, 0.29) is 0 Å². The predicted molar refractivity (Wildman–Crippen MR) is 87.0 cm³/mol. The summed E-state index contributed by atoms with van der Waals surface area (Å²) in [6, 6.07) is 0. The van der Waals surface area contributed by atoms with Gasteiger partial charge in [0.15, 0.2) is 0 Å². The molecule has 0 fully saturated rings. The van der Waals surface area contributed by atoms with Crippen LogP contribution in [0.4, 0.5) is 0 Å². The summed E-state index contributed by atoms with van der Waals surface area (Å²) in [5.41, 5.74) is 2.16. The highest BCUT2D eigenvalue weighted by Crippen LogP contribution is 2.08. The van der Waals surface area contributed by atoms with Crippen molar-refractivity contribution in [1.82, 2.24) is 5.32 Å². The topological polar surface area (TPSA) is 36.8 Å². The third-order valence-corrected chi connectivity index (χ3v) is 2.40. The second-order valence-electron chi connectivity index (χ2n) is 3.88. The summed E-state index contributed by atoms with van der Waals surface area (Å²) in [4.78, 5) is 8.01. The van der Waals surface area contributed by atoms with E-state index in [0.29, 0.717) is 0 Å². The number of aliphatic imine (C=N–C) groups is 2. The van der Waals surface area contributed by atoms with Crippen LogP contribution in [0.5, 0.6) is 0 Å². The van der Waals surface area contributed by atoms with Gasteiger partial charge in [0, 0.05) is 38.4 Å². The fraction of sp³-hybridized carbons (Fsp3) is 0.375. The molecule has 0 aliphatic heterocycles. The normalized spacial score (nSPS) is 13.8. The number of unbranched alkanes of at least 4 members (excludes halogenated alkanes) is 1. The van der Waals surface area contributed by atoms with Crippen LogP contribution in [0.25, 0.3) is 0 Å². The number of hydrogen-bond acceptors (Lipinski definition) is 3. The molecule has 3 heteroatoms. The molecule has 1 N–H and O–H groups in total. The second-order valence-corrected chi connectivity index (χ2v) is 3.88. The van der Waals surface area contributed by atoms with E-state index in [4.69, 9.17) is 0 Å². The van der Waals surface area contributed by atoms with Gasteiger partial charge in [0.05, 0.1) is 0 Å². The lowest BCUT2D eigenvalue weighted by Gasteiger charge is -2.05. The number of allylic oxidation sites excluding steroid dienone is 5. The Morgan fingerprint density at radius 3 is 2.68 bits per heavy atom. The predicted octanol–water partition coefficient (Wildman–Crippen LogP) is 3.68. The van der Waals surface area contributed by atoms with Crippen molar-refractivity contribution >= 4 is 12.4 Å². The number of nitrogens with zero attached hydrogens (tertiary/aromatic N) is 2. The van der Waals surface area contributed by atoms with Crippen LogP contribution in [-0.2, 0) is 0 Å². The number of nitrogens with one attached hydrogen (secondary N) is 1. The fourth-order valence-electron chi connectivity index (χ4n) is 1.40. The Kier molecular flexibility index (Phi) is 11.3. The SMILES string of the molecule is C=C\N=C/C=C/C(=C\NCCCC)C(/C=N\C)=C\C. The third-order valence-electron chi connectivity index (χ3n) is 2.40. The van der Waals surface area contributed by atoms with E-state index in [1.807, 2.05) is 37.6 Å². The lowest BCUT2D eigenvalue weighted by atomic mass is 10.1. The molecule has 0 unspecified atom stereocenters. The van der Waals surface area contributed by atoms with E-state index in [9.17, 15) is 0 Å². The van der Waals surface area contributed by atoms with Gasteiger partial charge >= 0.3 is 0 Å². The zero-order valence-corrected chi connectivity index (χ0v) is 12.3. The molecule has 0 spiro atoms. The maximum Gasteiger partial charge on any atom is 0.0284 e. The first-order chi connectivity index (χ1) is 9.29. The second kappa shape index (κ2) is 12.6. The van der Waals surface area contributed by atoms with Gasteiger partial charge in [0.2, 0.25) is 0 Å². The molecule has 0 amide bonds. The van der Waals surface area contributed by atoms with Gasteiger partial charge in [0.1, 0.15) is 0 Å². The molecule has 0 saturated carbocycles. The van der Waals surface area contributed by atoms with Crippen LogP contribution in [0.15, 0.2) is 58.3 Å². The molecular formula is C16H25N3. The average Bonchev–Trinajstić information content (AvgIpc) is 2.43. The van der Waals surface area contributed by atoms with Crippen molar-refractivity contribution in [3.05, 3.63) is 48.4 Å². The summed E-state index contributed by atoms with van der Waals surface area (Å²) < 4.78 is 0. The van der Waals surface area contributed by atoms with Crippen LogP contribution in [-0.4, -0.2) is 26.0 Å². The summed E-state index contributed by atoms with van der Waals surface area (Å²) in [5, 5.41) is 3.32. The molecule has 0 aromatic rings. The molecule has 0 aliphatic carbocycles. The van der Waals surface area contributed by atoms with Crippen LogP contribution in [0.3, 0.4) is 0 Å². The molecule has 0 aromatic heterocycles. The van der Waals surface area contributed by atoms with E-state index in [2.05, 4.69) is 28.8 Å². The summed E-state index contributed by atoms with van der Waals surface area (Å²) >= 11 is 0. The summed E-state index contributed by atoms with van der Waals surface area (Å²) in [6.07, 6.45) is 15.4. The van der Waals surface area contributed by atoms with Crippen molar-refractivity contribution < 1.29 is 0 Å². The van der Waals surface area contributed by atoms with Crippen molar-refractivity contribution in [3.63, 3.8) is 0 Å². The van der Waals surface area contributed by atoms with Crippen molar-refractivity contribution in [2.24, 2.45) is 9.98 Å². The van der Waals surface area contributed by atoms with Crippen molar-refractivity contribution in [2.75, 3.05) is 13.6 Å². The van der Waals surface area contributed by atoms with Gasteiger partial charge in [-0.05, 0) is 30.6 Å². The Morgan fingerprint density at radius 2 is 2.11 bits per heavy atom. The highest BCUT2D eigenvalue weighted by Gasteiger charge is 1.97. The fourth-order valence-corrected chi connectivity index (χ4v) is 1.40. The van der Waals surface area contributed by atoms with Crippen LogP contribution >= 0.6 is 0 Å². The van der Waals surface area contributed by atoms with Crippen LogP contribution in [0.2, 0.25) is 0 Å². The van der Waals surface area contributed by atoms with E-state index < -0.39 is 0 Å². The highest BCUT2D eigenvalue weighted by molar-refractivity contribution is 5.86. The van der Waals surface area contributed by atoms with Crippen LogP contribution in [0.1, 0.15) is 26.7 Å². The maximum absolute atomic E-state index is 4.07. The van der Waals surface area contributed by atoms with Gasteiger partial charge in [-0.1, -0.05) is 32.1 Å². The van der Waals surface area contributed by atoms with Gasteiger partial charge in [0.25, 0.3) is 0 Å². The molecule has 0 heterocycles. The third kappa shape index (κ3) is 8.77. The molecule has 0 aromatic carbocycles. The molecule has 0 rings (SSSR count). The minimum absolute atomic E-state index is 0.981. The van der Waals surface area contributed by atoms with Crippen LogP contribution < -0.4 is 5.32 Å². The largest absolute Gasteiger partial charge is 0.390 e. The highest BCUT2D eigenvalue weighted by atomic mass is 14.8. The van der Waals surface area contributed by atoms with E-state index in [1.54, 1.807) is 13.3 Å². The van der Waals surface area contributed by atoms with Gasteiger partial charge in [-0.2, -0.15) is 0 Å². The van der Waals surface area contributed by atoms with Crippen molar-refractivity contribution in [3.8, 4) is 0 Å². The van der Waals surface area contributed by atoms with Crippen molar-refractivity contribution in [2.45, 2.75) is 26.7 Å². The molecule has 3 nitrogen and oxygen atoms in total.